The summed E-state index contributed by atoms with van der Waals surface area (Å²) < 4.78 is 7.68. The van der Waals surface area contributed by atoms with E-state index in [9.17, 15) is 4.79 Å². The highest BCUT2D eigenvalue weighted by atomic mass is 16.5. The minimum absolute atomic E-state index is 0.0234. The van der Waals surface area contributed by atoms with Gasteiger partial charge in [0.05, 0.1) is 29.0 Å². The van der Waals surface area contributed by atoms with Crippen LogP contribution in [0.2, 0.25) is 0 Å². The second-order valence-corrected chi connectivity index (χ2v) is 5.03. The van der Waals surface area contributed by atoms with Gasteiger partial charge in [-0.1, -0.05) is 18.2 Å². The van der Waals surface area contributed by atoms with Crippen molar-refractivity contribution in [2.45, 2.75) is 6.04 Å². The molecule has 5 heteroatoms. The van der Waals surface area contributed by atoms with Gasteiger partial charge in [0.1, 0.15) is 12.4 Å². The lowest BCUT2D eigenvalue weighted by molar-refractivity contribution is 0.0697. The smallest absolute Gasteiger partial charge is 0.335 e. The van der Waals surface area contributed by atoms with Gasteiger partial charge in [-0.25, -0.2) is 9.78 Å². The first-order valence-electron chi connectivity index (χ1n) is 6.65. The van der Waals surface area contributed by atoms with Crippen LogP contribution in [-0.4, -0.2) is 27.2 Å². The zero-order valence-corrected chi connectivity index (χ0v) is 11.1. The summed E-state index contributed by atoms with van der Waals surface area (Å²) >= 11 is 0. The second-order valence-electron chi connectivity index (χ2n) is 5.03. The summed E-state index contributed by atoms with van der Waals surface area (Å²) in [5.41, 5.74) is 2.94. The Hall–Kier alpha value is -2.82. The second kappa shape index (κ2) is 4.34. The first-order valence-corrected chi connectivity index (χ1v) is 6.65. The lowest BCUT2D eigenvalue weighted by Gasteiger charge is -2.12. The van der Waals surface area contributed by atoms with E-state index in [-0.39, 0.29) is 11.6 Å². The van der Waals surface area contributed by atoms with Crippen molar-refractivity contribution in [3.63, 3.8) is 0 Å². The van der Waals surface area contributed by atoms with Crippen molar-refractivity contribution in [1.29, 1.82) is 0 Å². The van der Waals surface area contributed by atoms with E-state index >= 15 is 0 Å². The Balaban J connectivity index is 1.88. The fraction of sp³-hybridized carbons (Fsp3) is 0.125. The van der Waals surface area contributed by atoms with E-state index in [0.717, 1.165) is 22.3 Å². The Kier molecular flexibility index (Phi) is 2.47. The number of imidazole rings is 1. The molecule has 1 atom stereocenters. The Bertz CT molecular complexity index is 854. The molecular formula is C16H12N2O3. The fourth-order valence-electron chi connectivity index (χ4n) is 2.78. The molecule has 4 rings (SSSR count). The number of aromatic carboxylic acids is 1. The summed E-state index contributed by atoms with van der Waals surface area (Å²) in [6, 6.07) is 12.9. The van der Waals surface area contributed by atoms with Gasteiger partial charge in [-0.3, -0.25) is 0 Å². The zero-order valence-electron chi connectivity index (χ0n) is 11.1. The van der Waals surface area contributed by atoms with Crippen LogP contribution in [0, 0.1) is 0 Å². The van der Waals surface area contributed by atoms with Crippen molar-refractivity contribution in [2.75, 3.05) is 6.61 Å². The molecule has 1 aliphatic heterocycles. The molecule has 21 heavy (non-hydrogen) atoms. The quantitative estimate of drug-likeness (QED) is 0.784. The van der Waals surface area contributed by atoms with Crippen LogP contribution in [0.3, 0.4) is 0 Å². The molecule has 104 valence electrons. The summed E-state index contributed by atoms with van der Waals surface area (Å²) in [7, 11) is 0. The molecule has 2 aromatic carbocycles. The van der Waals surface area contributed by atoms with Crippen molar-refractivity contribution < 1.29 is 14.6 Å². The monoisotopic (exact) mass is 280 g/mol. The van der Waals surface area contributed by atoms with Crippen LogP contribution in [0.5, 0.6) is 5.75 Å². The molecule has 0 aliphatic carbocycles. The van der Waals surface area contributed by atoms with Crippen molar-refractivity contribution in [3.8, 4) is 5.75 Å². The van der Waals surface area contributed by atoms with Crippen LogP contribution in [0.25, 0.3) is 11.0 Å². The number of carbonyl (C=O) groups is 1. The Morgan fingerprint density at radius 1 is 1.29 bits per heavy atom. The molecular weight excluding hydrogens is 268 g/mol. The van der Waals surface area contributed by atoms with Crippen LogP contribution in [0.4, 0.5) is 0 Å². The molecule has 3 aromatic rings. The fourth-order valence-corrected chi connectivity index (χ4v) is 2.78. The van der Waals surface area contributed by atoms with Gasteiger partial charge < -0.3 is 14.4 Å². The summed E-state index contributed by atoms with van der Waals surface area (Å²) in [6.07, 6.45) is 1.74. The molecule has 1 aromatic heterocycles. The number of fused-ring (bicyclic) bond motifs is 2. The van der Waals surface area contributed by atoms with Crippen molar-refractivity contribution >= 4 is 17.0 Å². The molecule has 0 amide bonds. The standard InChI is InChI=1S/C16H12N2O3/c19-16(20)10-5-6-12-13(7-10)18(9-17-12)14-8-21-15-4-2-1-3-11(14)15/h1-7,9,14H,8H2,(H,19,20). The van der Waals surface area contributed by atoms with Crippen molar-refractivity contribution in [1.82, 2.24) is 9.55 Å². The highest BCUT2D eigenvalue weighted by molar-refractivity contribution is 5.92. The normalized spacial score (nSPS) is 16.7. The molecule has 1 aliphatic rings. The number of hydrogen-bond acceptors (Lipinski definition) is 3. The minimum atomic E-state index is -0.937. The number of para-hydroxylation sites is 1. The molecule has 1 unspecified atom stereocenters. The average molecular weight is 280 g/mol. The van der Waals surface area contributed by atoms with Gasteiger partial charge in [-0.15, -0.1) is 0 Å². The number of nitrogens with zero attached hydrogens (tertiary/aromatic N) is 2. The van der Waals surface area contributed by atoms with E-state index in [1.807, 2.05) is 28.8 Å². The predicted octanol–water partition coefficient (Wildman–Crippen LogP) is 2.72. The Morgan fingerprint density at radius 2 is 2.14 bits per heavy atom. The SMILES string of the molecule is O=C(O)c1ccc2ncn(C3COc4ccccc43)c2c1. The van der Waals surface area contributed by atoms with Crippen molar-refractivity contribution in [3.05, 3.63) is 59.9 Å². The number of carboxylic acid groups (broad SMARTS) is 1. The highest BCUT2D eigenvalue weighted by Crippen LogP contribution is 2.36. The molecule has 2 heterocycles. The number of aromatic nitrogens is 2. The number of benzene rings is 2. The third-order valence-corrected chi connectivity index (χ3v) is 3.83. The van der Waals surface area contributed by atoms with E-state index in [1.165, 1.54) is 0 Å². The lowest BCUT2D eigenvalue weighted by atomic mass is 10.1. The maximum atomic E-state index is 11.1. The van der Waals surface area contributed by atoms with Crippen LogP contribution in [-0.2, 0) is 0 Å². The summed E-state index contributed by atoms with van der Waals surface area (Å²) in [5.74, 6) is -0.0635. The number of rotatable bonds is 2. The maximum Gasteiger partial charge on any atom is 0.335 e. The molecule has 0 spiro atoms. The van der Waals surface area contributed by atoms with E-state index in [4.69, 9.17) is 9.84 Å². The van der Waals surface area contributed by atoms with E-state index in [1.54, 1.807) is 24.5 Å². The first kappa shape index (κ1) is 12.0. The predicted molar refractivity (Wildman–Crippen MR) is 76.8 cm³/mol. The van der Waals surface area contributed by atoms with Gasteiger partial charge in [0.15, 0.2) is 0 Å². The Morgan fingerprint density at radius 3 is 3.00 bits per heavy atom. The largest absolute Gasteiger partial charge is 0.491 e. The van der Waals surface area contributed by atoms with Gasteiger partial charge in [-0.2, -0.15) is 0 Å². The average Bonchev–Trinajstić information content (AvgIpc) is 3.09. The van der Waals surface area contributed by atoms with Gasteiger partial charge in [0.2, 0.25) is 0 Å². The third kappa shape index (κ3) is 1.78. The first-order chi connectivity index (χ1) is 10.2. The summed E-state index contributed by atoms with van der Waals surface area (Å²) in [4.78, 5) is 15.5. The lowest BCUT2D eigenvalue weighted by Crippen LogP contribution is -2.11. The minimum Gasteiger partial charge on any atom is -0.491 e. The van der Waals surface area contributed by atoms with Crippen molar-refractivity contribution in [2.24, 2.45) is 0 Å². The molecule has 0 bridgehead atoms. The van der Waals surface area contributed by atoms with E-state index in [2.05, 4.69) is 4.98 Å². The molecule has 0 fully saturated rings. The van der Waals surface area contributed by atoms with E-state index in [0.29, 0.717) is 6.61 Å². The summed E-state index contributed by atoms with van der Waals surface area (Å²) in [6.45, 7) is 0.530. The Labute approximate surface area is 120 Å². The van der Waals surface area contributed by atoms with Crippen LogP contribution < -0.4 is 4.74 Å². The third-order valence-electron chi connectivity index (χ3n) is 3.83. The number of carboxylic acids is 1. The highest BCUT2D eigenvalue weighted by Gasteiger charge is 2.26. The van der Waals surface area contributed by atoms with Crippen LogP contribution in [0.15, 0.2) is 48.8 Å². The van der Waals surface area contributed by atoms with Crippen LogP contribution >= 0.6 is 0 Å². The van der Waals surface area contributed by atoms with Crippen LogP contribution in [0.1, 0.15) is 22.0 Å². The van der Waals surface area contributed by atoms with Gasteiger partial charge in [0, 0.05) is 5.56 Å². The maximum absolute atomic E-state index is 11.1. The number of ether oxygens (including phenoxy) is 1. The van der Waals surface area contributed by atoms with Gasteiger partial charge in [0.25, 0.3) is 0 Å². The van der Waals surface area contributed by atoms with Gasteiger partial charge in [-0.05, 0) is 24.3 Å². The van der Waals surface area contributed by atoms with Gasteiger partial charge >= 0.3 is 5.97 Å². The van der Waals surface area contributed by atoms with E-state index < -0.39 is 5.97 Å². The molecule has 5 nitrogen and oxygen atoms in total. The molecule has 1 N–H and O–H groups in total. The molecule has 0 radical (unpaired) electrons. The number of hydrogen-bond donors (Lipinski definition) is 1. The zero-order chi connectivity index (χ0) is 14.4. The molecule has 0 saturated carbocycles. The topological polar surface area (TPSA) is 64.3 Å². The summed E-state index contributed by atoms with van der Waals surface area (Å²) in [5, 5.41) is 9.14. The molecule has 0 saturated heterocycles.